The maximum absolute atomic E-state index is 13.1. The minimum Gasteiger partial charge on any atom is -0.497 e. The summed E-state index contributed by atoms with van der Waals surface area (Å²) in [4.78, 5) is 30.5. The minimum atomic E-state index is -0.277. The third kappa shape index (κ3) is 6.04. The third-order valence-corrected chi connectivity index (χ3v) is 5.42. The zero-order valence-corrected chi connectivity index (χ0v) is 19.4. The average Bonchev–Trinajstić information content (AvgIpc) is 2.78. The Kier molecular flexibility index (Phi) is 7.80. The van der Waals surface area contributed by atoms with Crippen LogP contribution in [-0.2, 0) is 11.2 Å². The zero-order valence-electron chi connectivity index (χ0n) is 19.4. The third-order valence-electron chi connectivity index (χ3n) is 5.42. The number of carbonyl (C=O) groups is 2. The lowest BCUT2D eigenvalue weighted by molar-refractivity contribution is 0.0944. The summed E-state index contributed by atoms with van der Waals surface area (Å²) in [5.74, 6) is 0.482. The molecule has 0 spiro atoms. The summed E-state index contributed by atoms with van der Waals surface area (Å²) in [7, 11) is 1.63. The molecule has 1 amide bonds. The fourth-order valence-electron chi connectivity index (χ4n) is 3.88. The van der Waals surface area contributed by atoms with Crippen LogP contribution < -0.4 is 10.1 Å². The SMILES string of the molecule is CCOCCCNC(=O)c1cccc(C(=O)CC2=NC(C)(C)Cc3ccc(OC)cc32)c1. The molecule has 0 saturated carbocycles. The van der Waals surface area contributed by atoms with Crippen molar-refractivity contribution in [2.24, 2.45) is 4.99 Å². The first kappa shape index (κ1) is 23.7. The Morgan fingerprint density at radius 2 is 1.91 bits per heavy atom. The van der Waals surface area contributed by atoms with Gasteiger partial charge in [0.1, 0.15) is 5.75 Å². The van der Waals surface area contributed by atoms with Gasteiger partial charge in [-0.3, -0.25) is 14.6 Å². The van der Waals surface area contributed by atoms with Gasteiger partial charge in [-0.15, -0.1) is 0 Å². The molecule has 6 heteroatoms. The number of hydrogen-bond acceptors (Lipinski definition) is 5. The van der Waals surface area contributed by atoms with Gasteiger partial charge in [0, 0.05) is 36.4 Å². The van der Waals surface area contributed by atoms with Crippen LogP contribution in [0.4, 0.5) is 0 Å². The van der Waals surface area contributed by atoms with Crippen LogP contribution in [0.1, 0.15) is 65.5 Å². The number of fused-ring (bicyclic) bond motifs is 1. The summed E-state index contributed by atoms with van der Waals surface area (Å²) >= 11 is 0. The Hall–Kier alpha value is -2.99. The molecule has 1 N–H and O–H groups in total. The first-order valence-corrected chi connectivity index (χ1v) is 11.1. The van der Waals surface area contributed by atoms with Crippen LogP contribution in [0.3, 0.4) is 0 Å². The molecule has 0 atom stereocenters. The molecule has 170 valence electrons. The molecule has 1 aliphatic rings. The van der Waals surface area contributed by atoms with Crippen LogP contribution >= 0.6 is 0 Å². The van der Waals surface area contributed by atoms with Crippen LogP contribution in [0, 0.1) is 0 Å². The number of methoxy groups -OCH3 is 1. The van der Waals surface area contributed by atoms with Crippen molar-refractivity contribution >= 4 is 17.4 Å². The predicted octanol–water partition coefficient (Wildman–Crippen LogP) is 4.25. The number of ketones is 1. The first-order valence-electron chi connectivity index (χ1n) is 11.1. The van der Waals surface area contributed by atoms with E-state index in [9.17, 15) is 9.59 Å². The number of aliphatic imine (C=N–C) groups is 1. The van der Waals surface area contributed by atoms with E-state index in [2.05, 4.69) is 19.2 Å². The zero-order chi connectivity index (χ0) is 23.1. The molecule has 6 nitrogen and oxygen atoms in total. The van der Waals surface area contributed by atoms with Crippen LogP contribution in [0.25, 0.3) is 0 Å². The van der Waals surface area contributed by atoms with Gasteiger partial charge < -0.3 is 14.8 Å². The number of nitrogens with zero attached hydrogens (tertiary/aromatic N) is 1. The summed E-state index contributed by atoms with van der Waals surface area (Å²) < 4.78 is 10.7. The van der Waals surface area contributed by atoms with Crippen LogP contribution in [0.15, 0.2) is 47.5 Å². The maximum Gasteiger partial charge on any atom is 0.251 e. The topological polar surface area (TPSA) is 77.0 Å². The van der Waals surface area contributed by atoms with E-state index in [0.717, 1.165) is 35.4 Å². The predicted molar refractivity (Wildman–Crippen MR) is 126 cm³/mol. The first-order chi connectivity index (χ1) is 15.3. The van der Waals surface area contributed by atoms with Gasteiger partial charge in [0.2, 0.25) is 0 Å². The number of rotatable bonds is 10. The number of benzene rings is 2. The molecule has 0 bridgehead atoms. The van der Waals surface area contributed by atoms with E-state index >= 15 is 0 Å². The molecular formula is C26H32N2O4. The van der Waals surface area contributed by atoms with E-state index in [-0.39, 0.29) is 23.7 Å². The lowest BCUT2D eigenvalue weighted by Crippen LogP contribution is -2.30. The molecule has 0 unspecified atom stereocenters. The molecule has 1 heterocycles. The molecule has 0 aliphatic carbocycles. The molecule has 0 fully saturated rings. The molecule has 1 aliphatic heterocycles. The maximum atomic E-state index is 13.1. The second-order valence-electron chi connectivity index (χ2n) is 8.56. The van der Waals surface area contributed by atoms with Crippen molar-refractivity contribution in [2.75, 3.05) is 26.9 Å². The van der Waals surface area contributed by atoms with Crippen molar-refractivity contribution in [3.8, 4) is 5.75 Å². The fourth-order valence-corrected chi connectivity index (χ4v) is 3.88. The second kappa shape index (κ2) is 10.6. The number of amides is 1. The lowest BCUT2D eigenvalue weighted by Gasteiger charge is -2.29. The van der Waals surface area contributed by atoms with Crippen molar-refractivity contribution in [1.29, 1.82) is 0 Å². The second-order valence-corrected chi connectivity index (χ2v) is 8.56. The quantitative estimate of drug-likeness (QED) is 0.446. The van der Waals surface area contributed by atoms with Crippen molar-refractivity contribution in [3.63, 3.8) is 0 Å². The normalized spacial score (nSPS) is 14.3. The summed E-state index contributed by atoms with van der Waals surface area (Å²) in [6.07, 6.45) is 1.72. The van der Waals surface area contributed by atoms with E-state index in [1.807, 2.05) is 25.1 Å². The Labute approximate surface area is 190 Å². The van der Waals surface area contributed by atoms with E-state index in [0.29, 0.717) is 30.9 Å². The van der Waals surface area contributed by atoms with Gasteiger partial charge in [0.05, 0.1) is 24.8 Å². The Morgan fingerprint density at radius 3 is 2.66 bits per heavy atom. The van der Waals surface area contributed by atoms with Gasteiger partial charge in [-0.05, 0) is 63.4 Å². The number of nitrogens with one attached hydrogen (secondary N) is 1. The molecular weight excluding hydrogens is 404 g/mol. The summed E-state index contributed by atoms with van der Waals surface area (Å²) in [6.45, 7) is 7.89. The summed E-state index contributed by atoms with van der Waals surface area (Å²) in [5.41, 5.74) is 3.57. The number of ether oxygens (including phenoxy) is 2. The van der Waals surface area contributed by atoms with Gasteiger partial charge in [0.25, 0.3) is 5.91 Å². The summed E-state index contributed by atoms with van der Waals surface area (Å²) in [5, 5.41) is 2.87. The van der Waals surface area contributed by atoms with Crippen LogP contribution in [0.2, 0.25) is 0 Å². The fraction of sp³-hybridized carbons (Fsp3) is 0.423. The molecule has 0 saturated heterocycles. The Bertz CT molecular complexity index is 1010. The van der Waals surface area contributed by atoms with Gasteiger partial charge in [-0.25, -0.2) is 0 Å². The van der Waals surface area contributed by atoms with Gasteiger partial charge in [-0.1, -0.05) is 18.2 Å². The smallest absolute Gasteiger partial charge is 0.251 e. The van der Waals surface area contributed by atoms with Crippen molar-refractivity contribution in [3.05, 3.63) is 64.7 Å². The van der Waals surface area contributed by atoms with Crippen molar-refractivity contribution < 1.29 is 19.1 Å². The van der Waals surface area contributed by atoms with Gasteiger partial charge >= 0.3 is 0 Å². The Morgan fingerprint density at radius 1 is 1.12 bits per heavy atom. The Balaban J connectivity index is 1.74. The number of carbonyl (C=O) groups excluding carboxylic acids is 2. The molecule has 0 aromatic heterocycles. The van der Waals surface area contributed by atoms with E-state index in [4.69, 9.17) is 14.5 Å². The average molecular weight is 437 g/mol. The number of Topliss-reactive ketones (excluding diaryl/α,β-unsaturated/α-hetero) is 1. The molecule has 2 aromatic carbocycles. The molecule has 0 radical (unpaired) electrons. The highest BCUT2D eigenvalue weighted by Crippen LogP contribution is 2.31. The highest BCUT2D eigenvalue weighted by atomic mass is 16.5. The van der Waals surface area contributed by atoms with E-state index < -0.39 is 0 Å². The highest BCUT2D eigenvalue weighted by Gasteiger charge is 2.28. The van der Waals surface area contributed by atoms with Crippen molar-refractivity contribution in [2.45, 2.75) is 45.6 Å². The van der Waals surface area contributed by atoms with E-state index in [1.54, 1.807) is 31.4 Å². The standard InChI is InChI=1S/C26H32N2O4/c1-5-32-13-7-12-27-25(30)19-9-6-8-18(14-19)24(29)16-23-22-15-21(31-4)11-10-20(22)17-26(2,3)28-23/h6,8-11,14-15H,5,7,12-13,16-17H2,1-4H3,(H,27,30). The van der Waals surface area contributed by atoms with Crippen molar-refractivity contribution in [1.82, 2.24) is 5.32 Å². The minimum absolute atomic E-state index is 0.0683. The lowest BCUT2D eigenvalue weighted by atomic mass is 9.85. The molecule has 2 aromatic rings. The van der Waals surface area contributed by atoms with E-state index in [1.165, 1.54) is 0 Å². The molecule has 32 heavy (non-hydrogen) atoms. The van der Waals surface area contributed by atoms with Gasteiger partial charge in [-0.2, -0.15) is 0 Å². The highest BCUT2D eigenvalue weighted by molar-refractivity contribution is 6.17. The number of hydrogen-bond donors (Lipinski definition) is 1. The van der Waals surface area contributed by atoms with Crippen LogP contribution in [0.5, 0.6) is 5.75 Å². The molecule has 3 rings (SSSR count). The van der Waals surface area contributed by atoms with Gasteiger partial charge in [0.15, 0.2) is 5.78 Å². The monoisotopic (exact) mass is 436 g/mol. The van der Waals surface area contributed by atoms with Crippen LogP contribution in [-0.4, -0.2) is 49.8 Å². The largest absolute Gasteiger partial charge is 0.497 e. The summed E-state index contributed by atoms with van der Waals surface area (Å²) in [6, 6.07) is 12.8.